The maximum Gasteiger partial charge on any atom is 0.157 e. The van der Waals surface area contributed by atoms with Crippen LogP contribution in [0.4, 0.5) is 5.82 Å². The highest BCUT2D eigenvalue weighted by Gasteiger charge is 2.24. The average Bonchev–Trinajstić information content (AvgIpc) is 3.33. The van der Waals surface area contributed by atoms with Gasteiger partial charge in [0.05, 0.1) is 17.6 Å². The molecule has 1 aromatic carbocycles. The molecule has 3 aromatic heterocycles. The first kappa shape index (κ1) is 17.1. The maximum absolute atomic E-state index is 4.59. The molecule has 146 valence electrons. The van der Waals surface area contributed by atoms with Crippen molar-refractivity contribution in [3.8, 4) is 5.69 Å². The Kier molecular flexibility index (Phi) is 3.90. The molecular weight excluding hydrogens is 380 g/mol. The highest BCUT2D eigenvalue weighted by atomic mass is 32.1. The van der Waals surface area contributed by atoms with E-state index in [0.29, 0.717) is 6.54 Å². The van der Waals surface area contributed by atoms with Gasteiger partial charge in [-0.05, 0) is 48.8 Å². The van der Waals surface area contributed by atoms with Crippen LogP contribution in [0, 0.1) is 5.92 Å². The number of aryl methyl sites for hydroxylation is 3. The van der Waals surface area contributed by atoms with Crippen molar-refractivity contribution in [2.24, 2.45) is 5.92 Å². The van der Waals surface area contributed by atoms with Gasteiger partial charge in [-0.15, -0.1) is 21.5 Å². The Balaban J connectivity index is 1.35. The van der Waals surface area contributed by atoms with Crippen LogP contribution in [0.15, 0.2) is 30.6 Å². The van der Waals surface area contributed by atoms with Crippen molar-refractivity contribution in [1.29, 1.82) is 0 Å². The molecule has 1 atom stereocenters. The molecule has 7 heteroatoms. The number of benzene rings is 1. The number of hydrogen-bond donors (Lipinski definition) is 1. The number of rotatable bonds is 3. The number of fused-ring (bicyclic) bond motifs is 6. The van der Waals surface area contributed by atoms with E-state index in [0.717, 1.165) is 53.9 Å². The van der Waals surface area contributed by atoms with Gasteiger partial charge in [-0.25, -0.2) is 9.97 Å². The summed E-state index contributed by atoms with van der Waals surface area (Å²) in [7, 11) is 0. The van der Waals surface area contributed by atoms with E-state index in [1.807, 2.05) is 11.3 Å². The molecule has 2 aliphatic rings. The van der Waals surface area contributed by atoms with Gasteiger partial charge < -0.3 is 5.32 Å². The van der Waals surface area contributed by atoms with Gasteiger partial charge in [0, 0.05) is 11.3 Å². The molecule has 1 aliphatic heterocycles. The van der Waals surface area contributed by atoms with Gasteiger partial charge in [-0.3, -0.25) is 4.57 Å². The second-order valence-electron chi connectivity index (χ2n) is 8.10. The minimum atomic E-state index is 0.592. The van der Waals surface area contributed by atoms with E-state index in [-0.39, 0.29) is 0 Å². The maximum atomic E-state index is 4.59. The van der Waals surface area contributed by atoms with Gasteiger partial charge in [0.2, 0.25) is 0 Å². The fraction of sp³-hybridized carbons (Fsp3) is 0.364. The van der Waals surface area contributed by atoms with E-state index in [1.165, 1.54) is 33.5 Å². The van der Waals surface area contributed by atoms with Crippen LogP contribution in [-0.2, 0) is 32.2 Å². The second kappa shape index (κ2) is 6.62. The molecule has 0 saturated heterocycles. The Morgan fingerprint density at radius 3 is 3.03 bits per heavy atom. The van der Waals surface area contributed by atoms with E-state index in [2.05, 4.69) is 61.2 Å². The van der Waals surface area contributed by atoms with Gasteiger partial charge in [0.1, 0.15) is 22.8 Å². The zero-order valence-electron chi connectivity index (χ0n) is 16.4. The molecule has 1 N–H and O–H groups in total. The molecule has 1 unspecified atom stereocenters. The normalized spacial score (nSPS) is 17.6. The van der Waals surface area contributed by atoms with Crippen molar-refractivity contribution in [2.45, 2.75) is 45.6 Å². The molecule has 0 spiro atoms. The molecule has 6 rings (SSSR count). The number of thiophene rings is 1. The molecule has 0 bridgehead atoms. The molecule has 6 nitrogen and oxygen atoms in total. The minimum absolute atomic E-state index is 0.592. The first-order chi connectivity index (χ1) is 14.3. The Morgan fingerprint density at radius 1 is 1.14 bits per heavy atom. The third-order valence-corrected chi connectivity index (χ3v) is 7.32. The number of nitrogens with zero attached hydrogens (tertiary/aromatic N) is 5. The van der Waals surface area contributed by atoms with Crippen LogP contribution in [0.1, 0.15) is 41.0 Å². The number of para-hydroxylation sites is 1. The average molecular weight is 403 g/mol. The van der Waals surface area contributed by atoms with Crippen LogP contribution in [0.3, 0.4) is 0 Å². The first-order valence-electron chi connectivity index (χ1n) is 10.3. The highest BCUT2D eigenvalue weighted by molar-refractivity contribution is 7.19. The number of anilines is 1. The van der Waals surface area contributed by atoms with Crippen LogP contribution >= 0.6 is 11.3 Å². The highest BCUT2D eigenvalue weighted by Crippen LogP contribution is 2.39. The van der Waals surface area contributed by atoms with E-state index in [4.69, 9.17) is 0 Å². The summed E-state index contributed by atoms with van der Waals surface area (Å²) in [6.45, 7) is 2.93. The van der Waals surface area contributed by atoms with Gasteiger partial charge in [0.25, 0.3) is 0 Å². The molecule has 0 saturated carbocycles. The van der Waals surface area contributed by atoms with Crippen LogP contribution in [0.5, 0.6) is 0 Å². The lowest BCUT2D eigenvalue weighted by atomic mass is 9.89. The summed E-state index contributed by atoms with van der Waals surface area (Å²) >= 11 is 1.83. The van der Waals surface area contributed by atoms with Crippen molar-refractivity contribution in [3.63, 3.8) is 0 Å². The molecule has 4 aromatic rings. The summed E-state index contributed by atoms with van der Waals surface area (Å²) in [5, 5.41) is 13.7. The molecule has 0 fully saturated rings. The lowest BCUT2D eigenvalue weighted by Crippen LogP contribution is -2.16. The summed E-state index contributed by atoms with van der Waals surface area (Å²) in [6, 6.07) is 8.54. The van der Waals surface area contributed by atoms with Gasteiger partial charge in [-0.2, -0.15) is 0 Å². The lowest BCUT2D eigenvalue weighted by molar-refractivity contribution is 0.509. The third-order valence-electron chi connectivity index (χ3n) is 6.15. The van der Waals surface area contributed by atoms with Crippen molar-refractivity contribution in [1.82, 2.24) is 24.7 Å². The SMILES string of the molecule is CC1CCc2c(sc3ncnc(NCc4nnc5n4-c4ccccc4CC5)c23)C1. The molecular formula is C22H22N6S. The predicted octanol–water partition coefficient (Wildman–Crippen LogP) is 4.11. The fourth-order valence-electron chi connectivity index (χ4n) is 4.67. The van der Waals surface area contributed by atoms with E-state index in [1.54, 1.807) is 6.33 Å². The molecule has 0 amide bonds. The molecule has 4 heterocycles. The van der Waals surface area contributed by atoms with Gasteiger partial charge in [-0.1, -0.05) is 25.1 Å². The Morgan fingerprint density at radius 2 is 2.07 bits per heavy atom. The van der Waals surface area contributed by atoms with Crippen LogP contribution < -0.4 is 5.32 Å². The topological polar surface area (TPSA) is 68.5 Å². The molecule has 1 aliphatic carbocycles. The monoisotopic (exact) mass is 402 g/mol. The van der Waals surface area contributed by atoms with Crippen molar-refractivity contribution < 1.29 is 0 Å². The third kappa shape index (κ3) is 2.75. The quantitative estimate of drug-likeness (QED) is 0.559. The van der Waals surface area contributed by atoms with Crippen LogP contribution in [0.2, 0.25) is 0 Å². The van der Waals surface area contributed by atoms with Crippen LogP contribution in [0.25, 0.3) is 15.9 Å². The van der Waals surface area contributed by atoms with Crippen molar-refractivity contribution >= 4 is 27.4 Å². The van der Waals surface area contributed by atoms with Crippen LogP contribution in [-0.4, -0.2) is 24.7 Å². The van der Waals surface area contributed by atoms with Crippen molar-refractivity contribution in [2.75, 3.05) is 5.32 Å². The minimum Gasteiger partial charge on any atom is -0.362 e. The second-order valence-corrected chi connectivity index (χ2v) is 9.19. The van der Waals surface area contributed by atoms with E-state index in [9.17, 15) is 0 Å². The standard InChI is InChI=1S/C22H22N6S/c1-13-6-8-15-17(10-13)29-22-20(15)21(24-12-25-22)23-11-19-27-26-18-9-7-14-4-2-3-5-16(14)28(18)19/h2-5,12-13H,6-11H2,1H3,(H,23,24,25). The number of hydrogen-bond acceptors (Lipinski definition) is 6. The first-order valence-corrected chi connectivity index (χ1v) is 11.1. The van der Waals surface area contributed by atoms with E-state index >= 15 is 0 Å². The zero-order valence-corrected chi connectivity index (χ0v) is 17.2. The largest absolute Gasteiger partial charge is 0.362 e. The number of nitrogens with one attached hydrogen (secondary N) is 1. The summed E-state index contributed by atoms with van der Waals surface area (Å²) in [4.78, 5) is 11.7. The Bertz CT molecular complexity index is 1220. The van der Waals surface area contributed by atoms with E-state index < -0.39 is 0 Å². The summed E-state index contributed by atoms with van der Waals surface area (Å²) in [5.74, 6) is 3.64. The van der Waals surface area contributed by atoms with Crippen molar-refractivity contribution in [3.05, 3.63) is 58.2 Å². The number of aromatic nitrogens is 5. The molecule has 29 heavy (non-hydrogen) atoms. The zero-order chi connectivity index (χ0) is 19.4. The fourth-order valence-corrected chi connectivity index (χ4v) is 6.02. The lowest BCUT2D eigenvalue weighted by Gasteiger charge is -2.20. The van der Waals surface area contributed by atoms with Gasteiger partial charge in [0.15, 0.2) is 5.82 Å². The summed E-state index contributed by atoms with van der Waals surface area (Å²) in [6.07, 6.45) is 7.13. The molecule has 0 radical (unpaired) electrons. The predicted molar refractivity (Wildman–Crippen MR) is 115 cm³/mol. The Hall–Kier alpha value is -2.80. The Labute approximate surface area is 173 Å². The summed E-state index contributed by atoms with van der Waals surface area (Å²) < 4.78 is 2.20. The smallest absolute Gasteiger partial charge is 0.157 e. The van der Waals surface area contributed by atoms with Gasteiger partial charge >= 0.3 is 0 Å². The summed E-state index contributed by atoms with van der Waals surface area (Å²) in [5.41, 5.74) is 4.00.